The Hall–Kier alpha value is -2.94. The van der Waals surface area contributed by atoms with E-state index in [1.165, 1.54) is 12.1 Å². The molecule has 0 saturated heterocycles. The number of nitrogens with zero attached hydrogens (tertiary/aromatic N) is 1. The van der Waals surface area contributed by atoms with Gasteiger partial charge < -0.3 is 9.30 Å². The van der Waals surface area contributed by atoms with Crippen LogP contribution in [0, 0.1) is 20.8 Å². The summed E-state index contributed by atoms with van der Waals surface area (Å²) in [4.78, 5) is 24.8. The molecule has 1 heterocycles. The first-order valence-corrected chi connectivity index (χ1v) is 11.2. The van der Waals surface area contributed by atoms with E-state index >= 15 is 0 Å². The maximum atomic E-state index is 12.7. The van der Waals surface area contributed by atoms with E-state index in [9.17, 15) is 18.0 Å². The number of primary sulfonamides is 1. The molecule has 0 fully saturated rings. The molecule has 0 aliphatic carbocycles. The first-order valence-electron chi connectivity index (χ1n) is 9.27. The fourth-order valence-corrected chi connectivity index (χ4v) is 4.00. The highest BCUT2D eigenvalue weighted by molar-refractivity contribution is 7.89. The molecule has 0 aliphatic heterocycles. The summed E-state index contributed by atoms with van der Waals surface area (Å²) in [5, 5.41) is 5.07. The summed E-state index contributed by atoms with van der Waals surface area (Å²) < 4.78 is 30.1. The van der Waals surface area contributed by atoms with Gasteiger partial charge in [-0.3, -0.25) is 4.79 Å². The number of ketones is 1. The Kier molecular flexibility index (Phi) is 6.35. The van der Waals surface area contributed by atoms with Crippen LogP contribution in [-0.2, 0) is 14.8 Å². The van der Waals surface area contributed by atoms with Crippen LogP contribution in [0.25, 0.3) is 5.69 Å². The average Bonchev–Trinajstić information content (AvgIpc) is 3.00. The number of rotatable bonds is 6. The van der Waals surface area contributed by atoms with E-state index in [4.69, 9.17) is 21.5 Å². The predicted octanol–water partition coefficient (Wildman–Crippen LogP) is 3.74. The van der Waals surface area contributed by atoms with Gasteiger partial charge in [-0.15, -0.1) is 0 Å². The first kappa shape index (κ1) is 22.7. The lowest BCUT2D eigenvalue weighted by Crippen LogP contribution is -2.17. The largest absolute Gasteiger partial charge is 0.454 e. The number of ether oxygens (including phenoxy) is 1. The van der Waals surface area contributed by atoms with Crippen molar-refractivity contribution < 1.29 is 22.7 Å². The van der Waals surface area contributed by atoms with Crippen LogP contribution < -0.4 is 5.14 Å². The molecule has 2 aromatic carbocycles. The summed E-state index contributed by atoms with van der Waals surface area (Å²) in [6, 6.07) is 13.1. The SMILES string of the molecule is Cc1ccc(-n2c(C)cc(C(=O)COC(=O)c3cc(S(N)(=O)=O)ccc3Cl)c2C)cc1. The van der Waals surface area contributed by atoms with E-state index in [1.807, 2.05) is 49.6 Å². The Morgan fingerprint density at radius 2 is 1.65 bits per heavy atom. The lowest BCUT2D eigenvalue weighted by molar-refractivity contribution is 0.0474. The van der Waals surface area contributed by atoms with Gasteiger partial charge in [-0.05, 0) is 57.2 Å². The molecule has 31 heavy (non-hydrogen) atoms. The highest BCUT2D eigenvalue weighted by Gasteiger charge is 2.21. The Morgan fingerprint density at radius 3 is 2.26 bits per heavy atom. The summed E-state index contributed by atoms with van der Waals surface area (Å²) in [6.07, 6.45) is 0. The van der Waals surface area contributed by atoms with Crippen LogP contribution in [0.2, 0.25) is 5.02 Å². The van der Waals surface area contributed by atoms with E-state index in [2.05, 4.69) is 0 Å². The normalized spacial score (nSPS) is 11.4. The van der Waals surface area contributed by atoms with Gasteiger partial charge in [-0.25, -0.2) is 18.4 Å². The zero-order chi connectivity index (χ0) is 22.9. The van der Waals surface area contributed by atoms with E-state index < -0.39 is 28.4 Å². The Bertz CT molecular complexity index is 1280. The third-order valence-electron chi connectivity index (χ3n) is 4.84. The Balaban J connectivity index is 1.80. The highest BCUT2D eigenvalue weighted by Crippen LogP contribution is 2.23. The van der Waals surface area contributed by atoms with Gasteiger partial charge >= 0.3 is 5.97 Å². The van der Waals surface area contributed by atoms with E-state index in [0.717, 1.165) is 28.7 Å². The summed E-state index contributed by atoms with van der Waals surface area (Å²) in [5.41, 5.74) is 3.86. The van der Waals surface area contributed by atoms with Crippen LogP contribution in [0.1, 0.15) is 37.7 Å². The van der Waals surface area contributed by atoms with Crippen LogP contribution in [0.4, 0.5) is 0 Å². The van der Waals surface area contributed by atoms with Crippen molar-refractivity contribution >= 4 is 33.4 Å². The summed E-state index contributed by atoms with van der Waals surface area (Å²) in [5.74, 6) is -1.31. The molecule has 9 heteroatoms. The van der Waals surface area contributed by atoms with Crippen LogP contribution in [0.3, 0.4) is 0 Å². The van der Waals surface area contributed by atoms with Gasteiger partial charge in [0.15, 0.2) is 6.61 Å². The topological polar surface area (TPSA) is 108 Å². The van der Waals surface area contributed by atoms with Crippen molar-refractivity contribution in [2.75, 3.05) is 6.61 Å². The number of carbonyl (C=O) groups is 2. The van der Waals surface area contributed by atoms with Gasteiger partial charge in [0, 0.05) is 22.6 Å². The molecule has 0 aliphatic rings. The third-order valence-corrected chi connectivity index (χ3v) is 6.08. The van der Waals surface area contributed by atoms with Gasteiger partial charge in [0.2, 0.25) is 15.8 Å². The van der Waals surface area contributed by atoms with Crippen molar-refractivity contribution in [3.05, 3.63) is 81.6 Å². The number of sulfonamides is 1. The van der Waals surface area contributed by atoms with Crippen LogP contribution in [0.15, 0.2) is 53.4 Å². The maximum Gasteiger partial charge on any atom is 0.340 e. The number of nitrogens with two attached hydrogens (primary N) is 1. The Morgan fingerprint density at radius 1 is 1.00 bits per heavy atom. The monoisotopic (exact) mass is 460 g/mol. The predicted molar refractivity (Wildman–Crippen MR) is 117 cm³/mol. The van der Waals surface area contributed by atoms with Crippen molar-refractivity contribution in [3.63, 3.8) is 0 Å². The standard InChI is InChI=1S/C22H21ClN2O5S/c1-13-4-6-16(7-5-13)25-14(2)10-18(15(25)3)21(26)12-30-22(27)19-11-17(31(24,28)29)8-9-20(19)23/h4-11H,12H2,1-3H3,(H2,24,28,29). The first-order chi connectivity index (χ1) is 14.5. The average molecular weight is 461 g/mol. The number of benzene rings is 2. The summed E-state index contributed by atoms with van der Waals surface area (Å²) >= 11 is 5.98. The van der Waals surface area contributed by atoms with Crippen LogP contribution >= 0.6 is 11.6 Å². The molecule has 3 aromatic rings. The third kappa shape index (κ3) is 4.87. The molecule has 0 radical (unpaired) electrons. The molecular formula is C22H21ClN2O5S. The van der Waals surface area contributed by atoms with Gasteiger partial charge in [0.05, 0.1) is 15.5 Å². The molecular weight excluding hydrogens is 440 g/mol. The van der Waals surface area contributed by atoms with Crippen molar-refractivity contribution in [2.24, 2.45) is 5.14 Å². The van der Waals surface area contributed by atoms with Crippen LogP contribution in [0.5, 0.6) is 0 Å². The molecule has 162 valence electrons. The maximum absolute atomic E-state index is 12.7. The zero-order valence-corrected chi connectivity index (χ0v) is 18.8. The highest BCUT2D eigenvalue weighted by atomic mass is 35.5. The molecule has 2 N–H and O–H groups in total. The lowest BCUT2D eigenvalue weighted by Gasteiger charge is -2.10. The minimum absolute atomic E-state index is 0.0117. The van der Waals surface area contributed by atoms with E-state index in [0.29, 0.717) is 5.56 Å². The minimum atomic E-state index is -4.02. The number of carbonyl (C=O) groups excluding carboxylic acids is 2. The second-order valence-electron chi connectivity index (χ2n) is 7.14. The molecule has 0 atom stereocenters. The van der Waals surface area contributed by atoms with E-state index in [1.54, 1.807) is 6.07 Å². The number of hydrogen-bond donors (Lipinski definition) is 1. The molecule has 7 nitrogen and oxygen atoms in total. The zero-order valence-electron chi connectivity index (χ0n) is 17.2. The molecule has 0 amide bonds. The summed E-state index contributed by atoms with van der Waals surface area (Å²) in [7, 11) is -4.02. The number of halogens is 1. The van der Waals surface area contributed by atoms with Crippen molar-refractivity contribution in [3.8, 4) is 5.69 Å². The molecule has 1 aromatic heterocycles. The van der Waals surface area contributed by atoms with Gasteiger partial charge in [0.25, 0.3) is 0 Å². The van der Waals surface area contributed by atoms with Gasteiger partial charge in [0.1, 0.15) is 0 Å². The molecule has 3 rings (SSSR count). The fraction of sp³-hybridized carbons (Fsp3) is 0.182. The molecule has 0 saturated carbocycles. The smallest absolute Gasteiger partial charge is 0.340 e. The van der Waals surface area contributed by atoms with Crippen molar-refractivity contribution in [1.82, 2.24) is 4.57 Å². The number of Topliss-reactive ketones (excluding diaryl/α,β-unsaturated/α-hetero) is 1. The Labute approximate surface area is 185 Å². The van der Waals surface area contributed by atoms with Gasteiger partial charge in [-0.2, -0.15) is 0 Å². The second-order valence-corrected chi connectivity index (χ2v) is 9.11. The summed E-state index contributed by atoms with van der Waals surface area (Å²) in [6.45, 7) is 5.17. The number of aromatic nitrogens is 1. The molecule has 0 bridgehead atoms. The lowest BCUT2D eigenvalue weighted by atomic mass is 10.1. The van der Waals surface area contributed by atoms with Gasteiger partial charge in [-0.1, -0.05) is 29.3 Å². The fourth-order valence-electron chi connectivity index (χ4n) is 3.26. The van der Waals surface area contributed by atoms with Crippen LogP contribution in [-0.4, -0.2) is 31.3 Å². The second kappa shape index (κ2) is 8.66. The number of aryl methyl sites for hydroxylation is 2. The number of hydrogen-bond acceptors (Lipinski definition) is 5. The van der Waals surface area contributed by atoms with E-state index in [-0.39, 0.29) is 15.5 Å². The van der Waals surface area contributed by atoms with Crippen molar-refractivity contribution in [1.29, 1.82) is 0 Å². The minimum Gasteiger partial charge on any atom is -0.454 e. The quantitative estimate of drug-likeness (QED) is 0.445. The molecule has 0 spiro atoms. The molecule has 0 unspecified atom stereocenters. The van der Waals surface area contributed by atoms with Crippen molar-refractivity contribution in [2.45, 2.75) is 25.7 Å². The number of esters is 1.